The second kappa shape index (κ2) is 7.84. The van der Waals surface area contributed by atoms with E-state index < -0.39 is 12.0 Å². The Balaban J connectivity index is 1.54. The number of primary amides is 1. The van der Waals surface area contributed by atoms with Crippen LogP contribution < -0.4 is 15.4 Å². The number of urea groups is 1. The molecule has 0 spiro atoms. The molecule has 168 valence electrons. The number of esters is 1. The molecule has 2 amide bonds. The number of rotatable bonds is 5. The van der Waals surface area contributed by atoms with Crippen molar-refractivity contribution in [1.82, 2.24) is 0 Å². The van der Waals surface area contributed by atoms with Gasteiger partial charge in [0.1, 0.15) is 5.75 Å². The van der Waals surface area contributed by atoms with E-state index in [-0.39, 0.29) is 5.41 Å². The van der Waals surface area contributed by atoms with Crippen LogP contribution in [0.15, 0.2) is 42.5 Å². The zero-order valence-electron chi connectivity index (χ0n) is 18.7. The van der Waals surface area contributed by atoms with Crippen LogP contribution in [-0.4, -0.2) is 26.2 Å². The standard InChI is InChI=1S/C26H30N2O4/c1-31-23-8-7-21(28(25(27)30)20-5-3-19(4-6-20)24(29)32-2)12-22(23)26-13-16-9-17(14-26)11-18(10-16)15-26/h3-8,12,16-18H,9-11,13-15H2,1-2H3,(H2,27,30). The summed E-state index contributed by atoms with van der Waals surface area (Å²) in [6, 6.07) is 12.1. The first-order valence-corrected chi connectivity index (χ1v) is 11.4. The molecule has 4 bridgehead atoms. The first kappa shape index (κ1) is 20.9. The van der Waals surface area contributed by atoms with Crippen LogP contribution in [0.4, 0.5) is 16.2 Å². The van der Waals surface area contributed by atoms with Gasteiger partial charge in [-0.1, -0.05) is 0 Å². The first-order chi connectivity index (χ1) is 15.4. The van der Waals surface area contributed by atoms with Gasteiger partial charge in [0.2, 0.25) is 0 Å². The lowest BCUT2D eigenvalue weighted by Crippen LogP contribution is -2.48. The van der Waals surface area contributed by atoms with Gasteiger partial charge in [-0.05, 0) is 104 Å². The van der Waals surface area contributed by atoms with Crippen LogP contribution in [0.25, 0.3) is 0 Å². The van der Waals surface area contributed by atoms with Crippen molar-refractivity contribution >= 4 is 23.4 Å². The number of carbonyl (C=O) groups excluding carboxylic acids is 2. The third-order valence-electron chi connectivity index (χ3n) is 7.82. The van der Waals surface area contributed by atoms with E-state index in [1.807, 2.05) is 12.1 Å². The van der Waals surface area contributed by atoms with Crippen LogP contribution >= 0.6 is 0 Å². The van der Waals surface area contributed by atoms with E-state index in [1.165, 1.54) is 56.1 Å². The van der Waals surface area contributed by atoms with Crippen molar-refractivity contribution in [3.63, 3.8) is 0 Å². The molecule has 2 aromatic rings. The molecule has 0 radical (unpaired) electrons. The van der Waals surface area contributed by atoms with E-state index in [0.717, 1.165) is 29.2 Å². The Hall–Kier alpha value is -3.02. The number of ether oxygens (including phenoxy) is 2. The van der Waals surface area contributed by atoms with Gasteiger partial charge in [0, 0.05) is 5.56 Å². The molecule has 0 saturated heterocycles. The molecule has 6 rings (SSSR count). The highest BCUT2D eigenvalue weighted by atomic mass is 16.5. The van der Waals surface area contributed by atoms with Crippen LogP contribution in [0.1, 0.15) is 54.4 Å². The van der Waals surface area contributed by atoms with Gasteiger partial charge in [-0.25, -0.2) is 9.59 Å². The summed E-state index contributed by atoms with van der Waals surface area (Å²) in [6.45, 7) is 0. The third kappa shape index (κ3) is 3.42. The summed E-state index contributed by atoms with van der Waals surface area (Å²) in [7, 11) is 3.06. The number of nitrogens with zero attached hydrogens (tertiary/aromatic N) is 1. The number of hydrogen-bond donors (Lipinski definition) is 1. The Morgan fingerprint density at radius 1 is 0.906 bits per heavy atom. The number of anilines is 2. The summed E-state index contributed by atoms with van der Waals surface area (Å²) < 4.78 is 10.6. The molecule has 4 aliphatic rings. The maximum Gasteiger partial charge on any atom is 0.337 e. The summed E-state index contributed by atoms with van der Waals surface area (Å²) in [4.78, 5) is 25.8. The van der Waals surface area contributed by atoms with Gasteiger partial charge in [-0.3, -0.25) is 4.90 Å². The molecule has 0 aromatic heterocycles. The van der Waals surface area contributed by atoms with Crippen LogP contribution in [0.5, 0.6) is 5.75 Å². The molecule has 6 heteroatoms. The molecular formula is C26H30N2O4. The Bertz CT molecular complexity index is 1010. The minimum atomic E-state index is -0.572. The summed E-state index contributed by atoms with van der Waals surface area (Å²) in [5.74, 6) is 2.87. The maximum atomic E-state index is 12.5. The third-order valence-corrected chi connectivity index (χ3v) is 7.82. The Kier molecular flexibility index (Phi) is 5.11. The van der Waals surface area contributed by atoms with Crippen molar-refractivity contribution in [2.24, 2.45) is 23.5 Å². The molecule has 0 aliphatic heterocycles. The SMILES string of the molecule is COC(=O)c1ccc(N(C(N)=O)c2ccc(OC)c(C34CC5CC(CC(C5)C3)C4)c2)cc1. The van der Waals surface area contributed by atoms with E-state index in [9.17, 15) is 9.59 Å². The molecule has 4 aliphatic carbocycles. The van der Waals surface area contributed by atoms with E-state index in [1.54, 1.807) is 31.4 Å². The molecule has 4 saturated carbocycles. The summed E-state index contributed by atoms with van der Waals surface area (Å²) in [5, 5.41) is 0. The second-order valence-electron chi connectivity index (χ2n) is 9.79. The summed E-state index contributed by atoms with van der Waals surface area (Å²) in [5.41, 5.74) is 8.88. The fourth-order valence-corrected chi connectivity index (χ4v) is 6.96. The Morgan fingerprint density at radius 3 is 1.97 bits per heavy atom. The van der Waals surface area contributed by atoms with Crippen molar-refractivity contribution in [2.75, 3.05) is 19.1 Å². The molecule has 6 nitrogen and oxygen atoms in total. The predicted octanol–water partition coefficient (Wildman–Crippen LogP) is 5.17. The van der Waals surface area contributed by atoms with E-state index in [2.05, 4.69) is 6.07 Å². The normalized spacial score (nSPS) is 27.8. The lowest BCUT2D eigenvalue weighted by Gasteiger charge is -2.57. The average molecular weight is 435 g/mol. The topological polar surface area (TPSA) is 81.9 Å². The lowest BCUT2D eigenvalue weighted by molar-refractivity contribution is -0.00613. The molecule has 0 atom stereocenters. The van der Waals surface area contributed by atoms with Crippen molar-refractivity contribution in [3.05, 3.63) is 53.6 Å². The van der Waals surface area contributed by atoms with Gasteiger partial charge in [0.05, 0.1) is 31.2 Å². The highest BCUT2D eigenvalue weighted by Crippen LogP contribution is 2.62. The van der Waals surface area contributed by atoms with Gasteiger partial charge in [0.15, 0.2) is 0 Å². The summed E-state index contributed by atoms with van der Waals surface area (Å²) >= 11 is 0. The molecule has 0 unspecified atom stereocenters. The zero-order chi connectivity index (χ0) is 22.5. The predicted molar refractivity (Wildman–Crippen MR) is 122 cm³/mol. The van der Waals surface area contributed by atoms with E-state index >= 15 is 0 Å². The molecule has 0 heterocycles. The minimum Gasteiger partial charge on any atom is -0.496 e. The molecule has 2 aromatic carbocycles. The quantitative estimate of drug-likeness (QED) is 0.659. The first-order valence-electron chi connectivity index (χ1n) is 11.4. The van der Waals surface area contributed by atoms with E-state index in [4.69, 9.17) is 15.2 Å². The van der Waals surface area contributed by atoms with Crippen molar-refractivity contribution in [2.45, 2.75) is 43.9 Å². The molecular weight excluding hydrogens is 404 g/mol. The zero-order valence-corrected chi connectivity index (χ0v) is 18.7. The monoisotopic (exact) mass is 434 g/mol. The number of benzene rings is 2. The smallest absolute Gasteiger partial charge is 0.337 e. The fourth-order valence-electron chi connectivity index (χ4n) is 6.96. The van der Waals surface area contributed by atoms with Crippen molar-refractivity contribution in [3.8, 4) is 5.75 Å². The number of nitrogens with two attached hydrogens (primary N) is 1. The number of carbonyl (C=O) groups is 2. The van der Waals surface area contributed by atoms with Gasteiger partial charge in [-0.15, -0.1) is 0 Å². The Labute approximate surface area is 188 Å². The van der Waals surface area contributed by atoms with Gasteiger partial charge in [0.25, 0.3) is 0 Å². The highest BCUT2D eigenvalue weighted by Gasteiger charge is 2.52. The summed E-state index contributed by atoms with van der Waals surface area (Å²) in [6.07, 6.45) is 7.68. The molecule has 2 N–H and O–H groups in total. The van der Waals surface area contributed by atoms with Gasteiger partial charge < -0.3 is 15.2 Å². The van der Waals surface area contributed by atoms with Crippen molar-refractivity contribution in [1.29, 1.82) is 0 Å². The number of methoxy groups -OCH3 is 2. The lowest BCUT2D eigenvalue weighted by atomic mass is 9.48. The average Bonchev–Trinajstić information content (AvgIpc) is 2.78. The molecule has 32 heavy (non-hydrogen) atoms. The highest BCUT2D eigenvalue weighted by molar-refractivity contribution is 5.99. The van der Waals surface area contributed by atoms with E-state index in [0.29, 0.717) is 11.3 Å². The second-order valence-corrected chi connectivity index (χ2v) is 9.79. The molecule has 4 fully saturated rings. The van der Waals surface area contributed by atoms with Gasteiger partial charge in [-0.2, -0.15) is 0 Å². The van der Waals surface area contributed by atoms with Crippen LogP contribution in [-0.2, 0) is 10.2 Å². The maximum absolute atomic E-state index is 12.5. The van der Waals surface area contributed by atoms with Gasteiger partial charge >= 0.3 is 12.0 Å². The fraction of sp³-hybridized carbons (Fsp3) is 0.462. The van der Waals surface area contributed by atoms with Crippen LogP contribution in [0.3, 0.4) is 0 Å². The number of amides is 2. The largest absolute Gasteiger partial charge is 0.496 e. The number of hydrogen-bond acceptors (Lipinski definition) is 4. The van der Waals surface area contributed by atoms with Crippen LogP contribution in [0.2, 0.25) is 0 Å². The minimum absolute atomic E-state index is 0.119. The van der Waals surface area contributed by atoms with Crippen LogP contribution in [0, 0.1) is 17.8 Å². The Morgan fingerprint density at radius 2 is 1.47 bits per heavy atom. The van der Waals surface area contributed by atoms with Crippen molar-refractivity contribution < 1.29 is 19.1 Å².